The van der Waals surface area contributed by atoms with Gasteiger partial charge in [-0.3, -0.25) is 14.5 Å². The van der Waals surface area contributed by atoms with Crippen LogP contribution in [-0.2, 0) is 14.3 Å². The molecule has 7 nitrogen and oxygen atoms in total. The summed E-state index contributed by atoms with van der Waals surface area (Å²) in [7, 11) is 4.00. The van der Waals surface area contributed by atoms with Crippen LogP contribution in [0, 0.1) is 6.92 Å². The van der Waals surface area contributed by atoms with E-state index in [2.05, 4.69) is 39.8 Å². The minimum atomic E-state index is -0.663. The maximum atomic E-state index is 12.4. The normalized spacial score (nSPS) is 15.3. The number of morpholine rings is 1. The van der Waals surface area contributed by atoms with Gasteiger partial charge in [-0.05, 0) is 42.3 Å². The van der Waals surface area contributed by atoms with E-state index in [1.807, 2.05) is 44.1 Å². The average molecular weight is 411 g/mol. The second kappa shape index (κ2) is 10.2. The first-order valence-electron chi connectivity index (χ1n) is 10.2. The third-order valence-electron chi connectivity index (χ3n) is 5.22. The van der Waals surface area contributed by atoms with E-state index in [1.165, 1.54) is 0 Å². The number of carbonyl (C=O) groups excluding carboxylic acids is 2. The lowest BCUT2D eigenvalue weighted by atomic mass is 10.0. The number of hydrogen-bond acceptors (Lipinski definition) is 5. The fourth-order valence-electron chi connectivity index (χ4n) is 3.52. The summed E-state index contributed by atoms with van der Waals surface area (Å²) >= 11 is 0. The van der Waals surface area contributed by atoms with Crippen LogP contribution in [0.3, 0.4) is 0 Å². The minimum absolute atomic E-state index is 0.0270. The molecule has 1 heterocycles. The minimum Gasteiger partial charge on any atom is -0.379 e. The van der Waals surface area contributed by atoms with Crippen LogP contribution in [0.15, 0.2) is 48.5 Å². The zero-order valence-corrected chi connectivity index (χ0v) is 17.9. The number of rotatable bonds is 6. The highest BCUT2D eigenvalue weighted by Crippen LogP contribution is 2.23. The highest BCUT2D eigenvalue weighted by atomic mass is 16.5. The summed E-state index contributed by atoms with van der Waals surface area (Å²) in [6, 6.07) is 15.6. The van der Waals surface area contributed by atoms with Gasteiger partial charge in [0.1, 0.15) is 0 Å². The summed E-state index contributed by atoms with van der Waals surface area (Å²) in [6.45, 7) is 5.17. The molecule has 160 valence electrons. The fraction of sp³-hybridized carbons (Fsp3) is 0.391. The quantitative estimate of drug-likeness (QED) is 0.714. The Morgan fingerprint density at radius 1 is 1.07 bits per heavy atom. The Labute approximate surface area is 178 Å². The number of ether oxygens (including phenoxy) is 1. The van der Waals surface area contributed by atoms with Gasteiger partial charge < -0.3 is 20.3 Å². The summed E-state index contributed by atoms with van der Waals surface area (Å²) in [4.78, 5) is 29.1. The number of benzene rings is 2. The van der Waals surface area contributed by atoms with Crippen molar-refractivity contribution in [2.45, 2.75) is 13.0 Å². The van der Waals surface area contributed by atoms with E-state index in [0.29, 0.717) is 25.4 Å². The smallest absolute Gasteiger partial charge is 0.313 e. The molecule has 1 atom stereocenters. The van der Waals surface area contributed by atoms with Crippen molar-refractivity contribution in [2.24, 2.45) is 0 Å². The Morgan fingerprint density at radius 3 is 2.40 bits per heavy atom. The van der Waals surface area contributed by atoms with E-state index in [4.69, 9.17) is 4.74 Å². The molecule has 2 aromatic carbocycles. The van der Waals surface area contributed by atoms with Crippen LogP contribution >= 0.6 is 0 Å². The zero-order valence-electron chi connectivity index (χ0n) is 17.9. The number of nitrogens with zero attached hydrogens (tertiary/aromatic N) is 2. The van der Waals surface area contributed by atoms with Crippen LogP contribution < -0.4 is 15.5 Å². The van der Waals surface area contributed by atoms with Crippen molar-refractivity contribution in [2.75, 3.05) is 57.2 Å². The van der Waals surface area contributed by atoms with Gasteiger partial charge in [0, 0.05) is 45.1 Å². The predicted octanol–water partition coefficient (Wildman–Crippen LogP) is 2.19. The van der Waals surface area contributed by atoms with Crippen LogP contribution in [0.25, 0.3) is 0 Å². The highest BCUT2D eigenvalue weighted by Gasteiger charge is 2.24. The van der Waals surface area contributed by atoms with Crippen molar-refractivity contribution in [1.82, 2.24) is 10.2 Å². The lowest BCUT2D eigenvalue weighted by Crippen LogP contribution is -2.45. The third kappa shape index (κ3) is 5.81. The molecule has 0 saturated carbocycles. The Morgan fingerprint density at radius 2 is 1.77 bits per heavy atom. The lowest BCUT2D eigenvalue weighted by Gasteiger charge is -2.35. The number of carbonyl (C=O) groups is 2. The molecule has 0 aliphatic carbocycles. The molecule has 2 N–H and O–H groups in total. The summed E-state index contributed by atoms with van der Waals surface area (Å²) in [6.07, 6.45) is 0. The van der Waals surface area contributed by atoms with Crippen molar-refractivity contribution in [3.63, 3.8) is 0 Å². The fourth-order valence-corrected chi connectivity index (χ4v) is 3.52. The standard InChI is InChI=1S/C23H30N4O3/c1-17-5-4-6-19(15-17)25-23(29)22(28)24-16-21(27-11-13-30-14-12-27)18-7-9-20(10-8-18)26(2)3/h4-10,15,21H,11-14,16H2,1-3H3,(H,24,28)(H,25,29). The van der Waals surface area contributed by atoms with Crippen molar-refractivity contribution in [3.8, 4) is 0 Å². The number of aryl methyl sites for hydroxylation is 1. The van der Waals surface area contributed by atoms with Crippen molar-refractivity contribution in [1.29, 1.82) is 0 Å². The van der Waals surface area contributed by atoms with Crippen LogP contribution in [0.5, 0.6) is 0 Å². The van der Waals surface area contributed by atoms with Crippen LogP contribution in [0.2, 0.25) is 0 Å². The van der Waals surface area contributed by atoms with Gasteiger partial charge in [0.15, 0.2) is 0 Å². The van der Waals surface area contributed by atoms with Gasteiger partial charge >= 0.3 is 11.8 Å². The second-order valence-corrected chi connectivity index (χ2v) is 7.68. The van der Waals surface area contributed by atoms with Gasteiger partial charge in [0.2, 0.25) is 0 Å². The van der Waals surface area contributed by atoms with Crippen LogP contribution in [0.1, 0.15) is 17.2 Å². The van der Waals surface area contributed by atoms with E-state index < -0.39 is 11.8 Å². The summed E-state index contributed by atoms with van der Waals surface area (Å²) in [5.41, 5.74) is 3.84. The Balaban J connectivity index is 1.66. The van der Waals surface area contributed by atoms with Gasteiger partial charge in [0.25, 0.3) is 0 Å². The SMILES string of the molecule is Cc1cccc(NC(=O)C(=O)NCC(c2ccc(N(C)C)cc2)N2CCOCC2)c1. The Hall–Kier alpha value is -2.90. The van der Waals surface area contributed by atoms with E-state index in [1.54, 1.807) is 6.07 Å². The lowest BCUT2D eigenvalue weighted by molar-refractivity contribution is -0.136. The summed E-state index contributed by atoms with van der Waals surface area (Å²) in [5.74, 6) is -1.30. The third-order valence-corrected chi connectivity index (χ3v) is 5.22. The molecule has 1 aliphatic rings. The summed E-state index contributed by atoms with van der Waals surface area (Å²) in [5, 5.41) is 5.46. The topological polar surface area (TPSA) is 73.9 Å². The Kier molecular flexibility index (Phi) is 7.43. The van der Waals surface area contributed by atoms with E-state index in [-0.39, 0.29) is 6.04 Å². The van der Waals surface area contributed by atoms with Gasteiger partial charge in [0.05, 0.1) is 19.3 Å². The van der Waals surface area contributed by atoms with Crippen molar-refractivity contribution < 1.29 is 14.3 Å². The molecular weight excluding hydrogens is 380 g/mol. The molecule has 2 amide bonds. The van der Waals surface area contributed by atoms with E-state index in [9.17, 15) is 9.59 Å². The number of hydrogen-bond donors (Lipinski definition) is 2. The molecular formula is C23H30N4O3. The molecule has 2 aromatic rings. The summed E-state index contributed by atoms with van der Waals surface area (Å²) < 4.78 is 5.48. The number of anilines is 2. The van der Waals surface area contributed by atoms with E-state index in [0.717, 1.165) is 29.9 Å². The van der Waals surface area contributed by atoms with Crippen LogP contribution in [0.4, 0.5) is 11.4 Å². The zero-order chi connectivity index (χ0) is 21.5. The van der Waals surface area contributed by atoms with Gasteiger partial charge in [-0.1, -0.05) is 24.3 Å². The molecule has 3 rings (SSSR count). The molecule has 0 radical (unpaired) electrons. The van der Waals surface area contributed by atoms with Crippen LogP contribution in [-0.4, -0.2) is 63.7 Å². The maximum Gasteiger partial charge on any atom is 0.313 e. The monoisotopic (exact) mass is 410 g/mol. The molecule has 0 spiro atoms. The van der Waals surface area contributed by atoms with E-state index >= 15 is 0 Å². The Bertz CT molecular complexity index is 861. The highest BCUT2D eigenvalue weighted by molar-refractivity contribution is 6.39. The van der Waals surface area contributed by atoms with Gasteiger partial charge in [-0.25, -0.2) is 0 Å². The largest absolute Gasteiger partial charge is 0.379 e. The molecule has 7 heteroatoms. The first kappa shape index (κ1) is 21.8. The number of nitrogens with one attached hydrogen (secondary N) is 2. The maximum absolute atomic E-state index is 12.4. The van der Waals surface area contributed by atoms with Crippen molar-refractivity contribution >= 4 is 23.2 Å². The van der Waals surface area contributed by atoms with Crippen molar-refractivity contribution in [3.05, 3.63) is 59.7 Å². The van der Waals surface area contributed by atoms with Gasteiger partial charge in [-0.2, -0.15) is 0 Å². The molecule has 0 aromatic heterocycles. The number of amides is 2. The van der Waals surface area contributed by atoms with Gasteiger partial charge in [-0.15, -0.1) is 0 Å². The molecule has 30 heavy (non-hydrogen) atoms. The molecule has 1 aliphatic heterocycles. The average Bonchev–Trinajstić information content (AvgIpc) is 2.75. The molecule has 1 fully saturated rings. The molecule has 0 bridgehead atoms. The first-order chi connectivity index (χ1) is 14.4. The first-order valence-corrected chi connectivity index (χ1v) is 10.2. The molecule has 1 saturated heterocycles. The second-order valence-electron chi connectivity index (χ2n) is 7.68. The molecule has 1 unspecified atom stereocenters. The predicted molar refractivity (Wildman–Crippen MR) is 119 cm³/mol.